The van der Waals surface area contributed by atoms with Crippen molar-refractivity contribution in [3.05, 3.63) is 46.5 Å². The van der Waals surface area contributed by atoms with Gasteiger partial charge in [-0.3, -0.25) is 14.9 Å². The maximum atomic E-state index is 13.2. The Balaban J connectivity index is 0.000000399. The number of alkyl carbamates (subject to hydrolysis) is 1. The predicted molar refractivity (Wildman–Crippen MR) is 209 cm³/mol. The number of likely N-dealkylation sites (N-methyl/N-ethyl adjacent to an activating group) is 1. The zero-order valence-electron chi connectivity index (χ0n) is 33.0. The van der Waals surface area contributed by atoms with Gasteiger partial charge in [0.25, 0.3) is 0 Å². The van der Waals surface area contributed by atoms with Crippen LogP contribution in [0.25, 0.3) is 0 Å². The molecular weight excluding hydrogens is 722 g/mol. The molecule has 14 heteroatoms. The number of nitrogens with zero attached hydrogens (tertiary/aromatic N) is 2. The van der Waals surface area contributed by atoms with Crippen LogP contribution in [0.5, 0.6) is 5.75 Å². The van der Waals surface area contributed by atoms with Crippen molar-refractivity contribution in [2.45, 2.75) is 121 Å². The number of carboxylic acids is 1. The molecule has 6 atom stereocenters. The summed E-state index contributed by atoms with van der Waals surface area (Å²) in [7, 11) is 6.44. The Morgan fingerprint density at radius 2 is 1.94 bits per heavy atom. The topological polar surface area (TPSA) is 147 Å². The van der Waals surface area contributed by atoms with E-state index < -0.39 is 29.4 Å². The Morgan fingerprint density at radius 3 is 2.55 bits per heavy atom. The van der Waals surface area contributed by atoms with E-state index in [1.165, 1.54) is 18.9 Å². The van der Waals surface area contributed by atoms with Crippen LogP contribution in [-0.2, 0) is 35.0 Å². The third kappa shape index (κ3) is 11.6. The number of allylic oxidation sites excluding steroid dienone is 3. The summed E-state index contributed by atoms with van der Waals surface area (Å²) in [4.78, 5) is 51.0. The molecule has 2 saturated heterocycles. The molecule has 1 aromatic rings. The van der Waals surface area contributed by atoms with Crippen LogP contribution in [0.2, 0.25) is 5.02 Å². The minimum absolute atomic E-state index is 0.0585. The summed E-state index contributed by atoms with van der Waals surface area (Å²) in [6.07, 6.45) is 10.6. The maximum Gasteiger partial charge on any atom is 0.409 e. The summed E-state index contributed by atoms with van der Waals surface area (Å²) in [5.41, 5.74) is 1.37. The summed E-state index contributed by atoms with van der Waals surface area (Å²) in [5, 5.41) is 12.1. The number of carboxylic acid groups (broad SMARTS) is 1. The number of aliphatic carboxylic acids is 1. The first-order valence-corrected chi connectivity index (χ1v) is 19.5. The van der Waals surface area contributed by atoms with Gasteiger partial charge in [0.1, 0.15) is 28.6 Å². The van der Waals surface area contributed by atoms with Crippen molar-refractivity contribution >= 4 is 52.9 Å². The minimum atomic E-state index is -0.972. The molecule has 296 valence electrons. The van der Waals surface area contributed by atoms with Crippen molar-refractivity contribution in [1.82, 2.24) is 10.2 Å². The second-order valence-corrected chi connectivity index (χ2v) is 17.0. The van der Waals surface area contributed by atoms with Crippen molar-refractivity contribution in [3.8, 4) is 5.75 Å². The Morgan fingerprint density at radius 1 is 1.26 bits per heavy atom. The van der Waals surface area contributed by atoms with E-state index in [1.807, 2.05) is 57.4 Å². The zero-order valence-corrected chi connectivity index (χ0v) is 34.6. The summed E-state index contributed by atoms with van der Waals surface area (Å²) >= 11 is 8.32. The number of anilines is 1. The number of fused-ring (bicyclic) bond motifs is 5. The Labute approximate surface area is 323 Å². The highest BCUT2D eigenvalue weighted by Gasteiger charge is 2.58. The number of thioether (sulfide) groups is 1. The smallest absolute Gasteiger partial charge is 0.409 e. The Bertz CT molecular complexity index is 1570. The number of benzene rings is 1. The molecule has 1 aromatic carbocycles. The van der Waals surface area contributed by atoms with E-state index in [4.69, 9.17) is 35.7 Å². The van der Waals surface area contributed by atoms with Gasteiger partial charge in [-0.1, -0.05) is 56.2 Å². The predicted octanol–water partition coefficient (Wildman–Crippen LogP) is 7.01. The quantitative estimate of drug-likeness (QED) is 0.264. The molecule has 53 heavy (non-hydrogen) atoms. The van der Waals surface area contributed by atoms with Crippen LogP contribution in [0.1, 0.15) is 85.6 Å². The van der Waals surface area contributed by atoms with Crippen molar-refractivity contribution < 1.29 is 43.2 Å². The molecule has 4 bridgehead atoms. The summed E-state index contributed by atoms with van der Waals surface area (Å²) in [5.74, 6) is -0.692. The molecule has 0 saturated carbocycles. The van der Waals surface area contributed by atoms with Gasteiger partial charge in [-0.25, -0.2) is 9.59 Å². The van der Waals surface area contributed by atoms with Crippen LogP contribution >= 0.6 is 23.4 Å². The number of carbonyl (C=O) groups excluding carboxylic acids is 3. The van der Waals surface area contributed by atoms with Crippen LogP contribution in [0.3, 0.4) is 0 Å². The zero-order chi connectivity index (χ0) is 39.9. The van der Waals surface area contributed by atoms with Gasteiger partial charge in [0.05, 0.1) is 24.5 Å². The molecule has 4 rings (SSSR count). The third-order valence-electron chi connectivity index (χ3n) is 10.7. The van der Waals surface area contributed by atoms with Gasteiger partial charge in [-0.15, -0.1) is 0 Å². The minimum Gasteiger partial charge on any atom is -0.495 e. The maximum absolute atomic E-state index is 13.2. The number of methoxy groups -OCH3 is 2. The number of hydrogen-bond donors (Lipinski definition) is 2. The van der Waals surface area contributed by atoms with E-state index in [0.29, 0.717) is 48.6 Å². The monoisotopic (exact) mass is 779 g/mol. The first-order chi connectivity index (χ1) is 24.7. The lowest BCUT2D eigenvalue weighted by Gasteiger charge is -2.41. The van der Waals surface area contributed by atoms with Crippen molar-refractivity contribution in [1.29, 1.82) is 0 Å². The molecule has 0 spiro atoms. The van der Waals surface area contributed by atoms with Gasteiger partial charge in [0.15, 0.2) is 0 Å². The fourth-order valence-electron chi connectivity index (χ4n) is 6.46. The molecular formula is C39H58ClN3O9S. The number of nitrogens with one attached hydrogen (secondary N) is 1. The normalized spacial score (nSPS) is 28.4. The van der Waals surface area contributed by atoms with E-state index in [-0.39, 0.29) is 41.1 Å². The number of carbonyl (C=O) groups is 4. The number of rotatable bonds is 8. The van der Waals surface area contributed by atoms with E-state index in [2.05, 4.69) is 19.2 Å². The number of ether oxygens (including phenoxy) is 4. The standard InChI is InChI=1S/C28H37ClN2O6.C11H21NO3S/c1-17-9-7-8-11-28(35-6)16-22(36-26(33)30-28)18(2)25-27(3,37-25)12-10-23(32)31(4)20-14-19(13-17)15-21(34-5)24(20)29;1-8(10(14)15)12(4)9(13)6-7-11(2,3)16-5/h7-9,14-15,18,22,25H,10-13,16H2,1-6H3,(H,30,33);8H,6-7H2,1-5H3,(H,14,15)/b8-7+,17-9+;/t18-,22+,25+,27+,28-;8-/m11/s1. The molecule has 0 unspecified atom stereocenters. The Kier molecular flexibility index (Phi) is 15.3. The first-order valence-electron chi connectivity index (χ1n) is 17.9. The Hall–Kier alpha value is -3.26. The molecule has 12 nitrogen and oxygen atoms in total. The number of epoxide rings is 1. The molecule has 0 aliphatic carbocycles. The van der Waals surface area contributed by atoms with Gasteiger partial charge in [-0.05, 0) is 64.0 Å². The highest BCUT2D eigenvalue weighted by molar-refractivity contribution is 7.99. The molecule has 3 amide bonds. The van der Waals surface area contributed by atoms with Crippen molar-refractivity contribution in [2.24, 2.45) is 5.92 Å². The largest absolute Gasteiger partial charge is 0.495 e. The summed E-state index contributed by atoms with van der Waals surface area (Å²) in [6.45, 7) is 11.7. The van der Waals surface area contributed by atoms with Crippen molar-refractivity contribution in [2.75, 3.05) is 39.5 Å². The lowest BCUT2D eigenvalue weighted by atomic mass is 9.85. The summed E-state index contributed by atoms with van der Waals surface area (Å²) in [6, 6.07) is 3.08. The molecule has 2 N–H and O–H groups in total. The first kappa shape index (κ1) is 44.1. The average Bonchev–Trinajstić information content (AvgIpc) is 3.81. The number of halogens is 1. The molecule has 3 heterocycles. The highest BCUT2D eigenvalue weighted by atomic mass is 35.5. The fourth-order valence-corrected chi connectivity index (χ4v) is 7.08. The molecule has 2 fully saturated rings. The van der Waals surface area contributed by atoms with Crippen molar-refractivity contribution in [3.63, 3.8) is 0 Å². The van der Waals surface area contributed by atoms with Crippen LogP contribution in [0.4, 0.5) is 10.5 Å². The van der Waals surface area contributed by atoms with Gasteiger partial charge in [-0.2, -0.15) is 11.8 Å². The van der Waals surface area contributed by atoms with Crippen LogP contribution in [0, 0.1) is 5.92 Å². The third-order valence-corrected chi connectivity index (χ3v) is 12.3. The van der Waals surface area contributed by atoms with Crippen LogP contribution in [0.15, 0.2) is 35.9 Å². The molecule has 3 aliphatic heterocycles. The second-order valence-electron chi connectivity index (χ2n) is 15.1. The fraction of sp³-hybridized carbons (Fsp3) is 0.641. The lowest BCUT2D eigenvalue weighted by Crippen LogP contribution is -2.58. The van der Waals surface area contributed by atoms with Gasteiger partial charge in [0.2, 0.25) is 11.8 Å². The highest BCUT2D eigenvalue weighted by Crippen LogP contribution is 2.48. The van der Waals surface area contributed by atoms with Crippen LogP contribution < -0.4 is 15.0 Å². The lowest BCUT2D eigenvalue weighted by molar-refractivity contribution is -0.148. The number of hydrogen-bond acceptors (Lipinski definition) is 9. The van der Waals surface area contributed by atoms with E-state index in [9.17, 15) is 19.2 Å². The van der Waals surface area contributed by atoms with Crippen LogP contribution in [-0.4, -0.2) is 103 Å². The second kappa shape index (κ2) is 18.4. The average molecular weight is 780 g/mol. The van der Waals surface area contributed by atoms with E-state index in [1.54, 1.807) is 37.9 Å². The molecule has 3 aliphatic rings. The van der Waals surface area contributed by atoms with Gasteiger partial charge in [0, 0.05) is 57.6 Å². The molecule has 0 aromatic heterocycles. The SMILES string of the molecule is COc1cc2cc(c1Cl)N(C)C(=O)CC[C@]1(C)O[C@H]1[C@H](C)[C@@H]1C[C@](OC)(C/C=C/C=C(\C)C2)NC(=O)O1.CSC(C)(C)CCC(=O)N(C)[C@H](C)C(=O)O. The number of amides is 3. The summed E-state index contributed by atoms with van der Waals surface area (Å²) < 4.78 is 23.2. The van der Waals surface area contributed by atoms with E-state index in [0.717, 1.165) is 17.6 Å². The van der Waals surface area contributed by atoms with E-state index >= 15 is 0 Å². The van der Waals surface area contributed by atoms with Gasteiger partial charge < -0.3 is 33.9 Å². The molecule has 0 radical (unpaired) electrons. The van der Waals surface area contributed by atoms with Gasteiger partial charge >= 0.3 is 12.1 Å².